The molecule has 0 radical (unpaired) electrons. The summed E-state index contributed by atoms with van der Waals surface area (Å²) in [6.45, 7) is 1.51. The number of rotatable bonds is 3. The standard InChI is InChI=1S/C13H18N2O3/c1-17-12-4-2-3-10(7-12)9-18-13(16)15-6-5-11(14)8-15/h2-4,7,11H,5-6,8-9,14H2,1H3. The second kappa shape index (κ2) is 5.73. The van der Waals surface area contributed by atoms with E-state index in [1.807, 2.05) is 24.3 Å². The van der Waals surface area contributed by atoms with E-state index in [4.69, 9.17) is 15.2 Å². The van der Waals surface area contributed by atoms with Crippen LogP contribution in [0.4, 0.5) is 4.79 Å². The number of nitrogens with two attached hydrogens (primary N) is 1. The fourth-order valence-corrected chi connectivity index (χ4v) is 1.95. The molecule has 1 aliphatic heterocycles. The molecule has 1 aromatic rings. The lowest BCUT2D eigenvalue weighted by atomic mass is 10.2. The minimum absolute atomic E-state index is 0.0781. The third kappa shape index (κ3) is 3.13. The van der Waals surface area contributed by atoms with E-state index in [9.17, 15) is 4.79 Å². The summed E-state index contributed by atoms with van der Waals surface area (Å²) >= 11 is 0. The highest BCUT2D eigenvalue weighted by atomic mass is 16.6. The molecule has 0 aliphatic carbocycles. The first-order valence-electron chi connectivity index (χ1n) is 5.99. The lowest BCUT2D eigenvalue weighted by molar-refractivity contribution is 0.104. The topological polar surface area (TPSA) is 64.8 Å². The third-order valence-electron chi connectivity index (χ3n) is 2.98. The van der Waals surface area contributed by atoms with Crippen molar-refractivity contribution in [2.45, 2.75) is 19.1 Å². The summed E-state index contributed by atoms with van der Waals surface area (Å²) in [5.74, 6) is 0.756. The van der Waals surface area contributed by atoms with Gasteiger partial charge in [-0.1, -0.05) is 12.1 Å². The van der Waals surface area contributed by atoms with Gasteiger partial charge >= 0.3 is 6.09 Å². The zero-order valence-corrected chi connectivity index (χ0v) is 10.5. The summed E-state index contributed by atoms with van der Waals surface area (Å²) in [5, 5.41) is 0. The molecule has 0 aromatic heterocycles. The predicted octanol–water partition coefficient (Wildman–Crippen LogP) is 1.36. The van der Waals surface area contributed by atoms with E-state index in [1.165, 1.54) is 0 Å². The Bertz CT molecular complexity index is 422. The first kappa shape index (κ1) is 12.7. The van der Waals surface area contributed by atoms with E-state index in [2.05, 4.69) is 0 Å². The fourth-order valence-electron chi connectivity index (χ4n) is 1.95. The molecule has 1 amide bonds. The fraction of sp³-hybridized carbons (Fsp3) is 0.462. The van der Waals surface area contributed by atoms with E-state index < -0.39 is 0 Å². The number of carbonyl (C=O) groups excluding carboxylic acids is 1. The summed E-state index contributed by atoms with van der Waals surface area (Å²) < 4.78 is 10.3. The van der Waals surface area contributed by atoms with E-state index in [0.29, 0.717) is 13.1 Å². The molecule has 1 unspecified atom stereocenters. The molecule has 1 fully saturated rings. The van der Waals surface area contributed by atoms with Crippen LogP contribution in [0.25, 0.3) is 0 Å². The van der Waals surface area contributed by atoms with Crippen molar-refractivity contribution >= 4 is 6.09 Å². The van der Waals surface area contributed by atoms with Crippen LogP contribution in [0.1, 0.15) is 12.0 Å². The molecule has 0 saturated carbocycles. The predicted molar refractivity (Wildman–Crippen MR) is 67.3 cm³/mol. The summed E-state index contributed by atoms with van der Waals surface area (Å²) in [4.78, 5) is 13.4. The summed E-state index contributed by atoms with van der Waals surface area (Å²) in [7, 11) is 1.61. The Hall–Kier alpha value is -1.75. The van der Waals surface area contributed by atoms with Crippen LogP contribution in [0.3, 0.4) is 0 Å². The monoisotopic (exact) mass is 250 g/mol. The van der Waals surface area contributed by atoms with Crippen molar-refractivity contribution in [2.75, 3.05) is 20.2 Å². The number of likely N-dealkylation sites (tertiary alicyclic amines) is 1. The van der Waals surface area contributed by atoms with Gasteiger partial charge in [0.15, 0.2) is 0 Å². The normalized spacial score (nSPS) is 18.8. The molecule has 1 aliphatic rings. The van der Waals surface area contributed by atoms with Gasteiger partial charge in [-0.05, 0) is 24.1 Å². The lowest BCUT2D eigenvalue weighted by Crippen LogP contribution is -2.32. The Balaban J connectivity index is 1.85. The van der Waals surface area contributed by atoms with Gasteiger partial charge in [0.25, 0.3) is 0 Å². The third-order valence-corrected chi connectivity index (χ3v) is 2.98. The Labute approximate surface area is 106 Å². The molecule has 2 rings (SSSR count). The lowest BCUT2D eigenvalue weighted by Gasteiger charge is -2.15. The highest BCUT2D eigenvalue weighted by Crippen LogP contribution is 2.14. The zero-order chi connectivity index (χ0) is 13.0. The van der Waals surface area contributed by atoms with Crippen molar-refractivity contribution in [1.82, 2.24) is 4.90 Å². The SMILES string of the molecule is COc1cccc(COC(=O)N2CCC(N)C2)c1. The summed E-state index contributed by atoms with van der Waals surface area (Å²) in [6.07, 6.45) is 0.541. The van der Waals surface area contributed by atoms with Gasteiger partial charge in [0.2, 0.25) is 0 Å². The van der Waals surface area contributed by atoms with Crippen molar-refractivity contribution in [3.05, 3.63) is 29.8 Å². The Morgan fingerprint density at radius 2 is 2.39 bits per heavy atom. The number of carbonyl (C=O) groups is 1. The Kier molecular flexibility index (Phi) is 4.04. The molecule has 5 nitrogen and oxygen atoms in total. The highest BCUT2D eigenvalue weighted by molar-refractivity contribution is 5.68. The van der Waals surface area contributed by atoms with Gasteiger partial charge in [0, 0.05) is 19.1 Å². The molecule has 1 aromatic carbocycles. The van der Waals surface area contributed by atoms with Gasteiger partial charge in [0.05, 0.1) is 7.11 Å². The minimum Gasteiger partial charge on any atom is -0.497 e. The van der Waals surface area contributed by atoms with Gasteiger partial charge in [-0.3, -0.25) is 0 Å². The highest BCUT2D eigenvalue weighted by Gasteiger charge is 2.24. The summed E-state index contributed by atoms with van der Waals surface area (Å²) in [6, 6.07) is 7.54. The van der Waals surface area contributed by atoms with Gasteiger partial charge in [0.1, 0.15) is 12.4 Å². The minimum atomic E-state index is -0.300. The van der Waals surface area contributed by atoms with Gasteiger partial charge in [-0.15, -0.1) is 0 Å². The first-order chi connectivity index (χ1) is 8.69. The number of nitrogens with zero attached hydrogens (tertiary/aromatic N) is 1. The molecule has 0 bridgehead atoms. The van der Waals surface area contributed by atoms with Crippen LogP contribution in [-0.2, 0) is 11.3 Å². The quantitative estimate of drug-likeness (QED) is 0.879. The molecule has 0 spiro atoms. The smallest absolute Gasteiger partial charge is 0.410 e. The molecule has 18 heavy (non-hydrogen) atoms. The summed E-state index contributed by atoms with van der Waals surface area (Å²) in [5.41, 5.74) is 6.65. The van der Waals surface area contributed by atoms with E-state index in [0.717, 1.165) is 17.7 Å². The van der Waals surface area contributed by atoms with Crippen LogP contribution in [-0.4, -0.2) is 37.2 Å². The van der Waals surface area contributed by atoms with Crippen molar-refractivity contribution in [1.29, 1.82) is 0 Å². The number of hydrogen-bond donors (Lipinski definition) is 1. The molecule has 2 N–H and O–H groups in total. The van der Waals surface area contributed by atoms with Crippen molar-refractivity contribution in [3.8, 4) is 5.75 Å². The first-order valence-corrected chi connectivity index (χ1v) is 5.99. The number of ether oxygens (including phenoxy) is 2. The van der Waals surface area contributed by atoms with Gasteiger partial charge in [-0.2, -0.15) is 0 Å². The number of methoxy groups -OCH3 is 1. The van der Waals surface area contributed by atoms with Crippen LogP contribution in [0.5, 0.6) is 5.75 Å². The molecular weight excluding hydrogens is 232 g/mol. The van der Waals surface area contributed by atoms with Crippen LogP contribution in [0.2, 0.25) is 0 Å². The van der Waals surface area contributed by atoms with Crippen LogP contribution < -0.4 is 10.5 Å². The molecule has 1 saturated heterocycles. The number of amides is 1. The van der Waals surface area contributed by atoms with Crippen LogP contribution in [0.15, 0.2) is 24.3 Å². The Morgan fingerprint density at radius 1 is 1.56 bits per heavy atom. The van der Waals surface area contributed by atoms with Crippen LogP contribution >= 0.6 is 0 Å². The number of benzene rings is 1. The van der Waals surface area contributed by atoms with Crippen molar-refractivity contribution in [2.24, 2.45) is 5.73 Å². The second-order valence-corrected chi connectivity index (χ2v) is 4.40. The second-order valence-electron chi connectivity index (χ2n) is 4.40. The largest absolute Gasteiger partial charge is 0.497 e. The zero-order valence-electron chi connectivity index (χ0n) is 10.5. The van der Waals surface area contributed by atoms with Crippen LogP contribution in [0, 0.1) is 0 Å². The molecule has 5 heteroatoms. The van der Waals surface area contributed by atoms with Gasteiger partial charge < -0.3 is 20.1 Å². The van der Waals surface area contributed by atoms with Crippen molar-refractivity contribution in [3.63, 3.8) is 0 Å². The molecule has 1 heterocycles. The maximum Gasteiger partial charge on any atom is 0.410 e. The maximum atomic E-state index is 11.7. The molecule has 98 valence electrons. The maximum absolute atomic E-state index is 11.7. The molecular formula is C13H18N2O3. The average molecular weight is 250 g/mol. The average Bonchev–Trinajstić information content (AvgIpc) is 2.83. The van der Waals surface area contributed by atoms with E-state index in [-0.39, 0.29) is 18.7 Å². The van der Waals surface area contributed by atoms with Crippen molar-refractivity contribution < 1.29 is 14.3 Å². The molecule has 1 atom stereocenters. The van der Waals surface area contributed by atoms with E-state index >= 15 is 0 Å². The number of hydrogen-bond acceptors (Lipinski definition) is 4. The Morgan fingerprint density at radius 3 is 3.06 bits per heavy atom. The van der Waals surface area contributed by atoms with E-state index in [1.54, 1.807) is 12.0 Å². The van der Waals surface area contributed by atoms with Gasteiger partial charge in [-0.25, -0.2) is 4.79 Å².